The molecular weight excluding hydrogens is 409 g/mol. The number of fused-ring (bicyclic) bond motifs is 1. The van der Waals surface area contributed by atoms with Crippen molar-refractivity contribution >= 4 is 67.1 Å². The molecule has 0 aliphatic rings. The monoisotopic (exact) mass is 427 g/mol. The number of carbonyl (C=O) groups is 1. The van der Waals surface area contributed by atoms with Crippen molar-refractivity contribution in [3.05, 3.63) is 44.6 Å². The van der Waals surface area contributed by atoms with Gasteiger partial charge in [-0.3, -0.25) is 9.69 Å². The third-order valence-electron chi connectivity index (χ3n) is 3.81. The number of anilines is 1. The van der Waals surface area contributed by atoms with E-state index < -0.39 is 0 Å². The van der Waals surface area contributed by atoms with Crippen molar-refractivity contribution in [1.29, 1.82) is 0 Å². The first-order chi connectivity index (χ1) is 12.4. The average Bonchev–Trinajstić information content (AvgIpc) is 3.16. The van der Waals surface area contributed by atoms with Crippen LogP contribution in [0, 0.1) is 0 Å². The molecule has 0 atom stereocenters. The van der Waals surface area contributed by atoms with E-state index in [1.165, 1.54) is 22.7 Å². The molecule has 138 valence electrons. The smallest absolute Gasteiger partial charge is 0.234 e. The van der Waals surface area contributed by atoms with Crippen LogP contribution in [0.1, 0.15) is 11.3 Å². The van der Waals surface area contributed by atoms with Crippen molar-refractivity contribution in [3.8, 4) is 0 Å². The molecule has 0 radical (unpaired) electrons. The van der Waals surface area contributed by atoms with Gasteiger partial charge in [-0.2, -0.15) is 0 Å². The maximum Gasteiger partial charge on any atom is 0.234 e. The van der Waals surface area contributed by atoms with E-state index in [0.29, 0.717) is 27.5 Å². The van der Waals surface area contributed by atoms with Gasteiger partial charge in [-0.25, -0.2) is 4.98 Å². The molecule has 0 fully saturated rings. The summed E-state index contributed by atoms with van der Waals surface area (Å²) >= 11 is 15.0. The highest BCUT2D eigenvalue weighted by molar-refractivity contribution is 7.22. The zero-order valence-corrected chi connectivity index (χ0v) is 17.7. The third-order valence-corrected chi connectivity index (χ3v) is 6.32. The van der Waals surface area contributed by atoms with E-state index in [4.69, 9.17) is 23.2 Å². The van der Waals surface area contributed by atoms with Crippen molar-refractivity contribution in [2.45, 2.75) is 12.8 Å². The molecule has 0 N–H and O–H groups in total. The molecule has 0 bridgehead atoms. The van der Waals surface area contributed by atoms with Crippen LogP contribution in [0.4, 0.5) is 5.13 Å². The molecule has 3 aromatic rings. The normalized spacial score (nSPS) is 11.4. The fourth-order valence-electron chi connectivity index (χ4n) is 2.57. The zero-order valence-electron chi connectivity index (χ0n) is 14.5. The molecule has 0 saturated carbocycles. The Hall–Kier alpha value is -1.18. The quantitative estimate of drug-likeness (QED) is 0.520. The Morgan fingerprint density at radius 3 is 2.62 bits per heavy atom. The minimum atomic E-state index is 0.0347. The molecule has 0 aliphatic carbocycles. The van der Waals surface area contributed by atoms with Gasteiger partial charge in [0.05, 0.1) is 21.0 Å². The number of aromatic nitrogens is 1. The minimum absolute atomic E-state index is 0.0347. The van der Waals surface area contributed by atoms with Gasteiger partial charge < -0.3 is 4.90 Å². The van der Waals surface area contributed by atoms with Gasteiger partial charge >= 0.3 is 0 Å². The summed E-state index contributed by atoms with van der Waals surface area (Å²) in [6.45, 7) is 1.54. The van der Waals surface area contributed by atoms with Gasteiger partial charge in [0.1, 0.15) is 0 Å². The molecule has 0 spiro atoms. The standard InChI is InChI=1S/C18H19Cl2N3OS2/c1-22(2)8-3-9-23(17(24)11-13-5-7-16(20)25-13)18-21-14-6-4-12(19)10-15(14)26-18/h4-7,10H,3,8-9,11H2,1-2H3. The number of hydrogen-bond donors (Lipinski definition) is 0. The van der Waals surface area contributed by atoms with Gasteiger partial charge in [-0.05, 0) is 57.4 Å². The van der Waals surface area contributed by atoms with Gasteiger partial charge in [-0.1, -0.05) is 34.5 Å². The summed E-state index contributed by atoms with van der Waals surface area (Å²) in [6.07, 6.45) is 1.21. The first-order valence-electron chi connectivity index (χ1n) is 8.18. The molecule has 4 nitrogen and oxygen atoms in total. The summed E-state index contributed by atoms with van der Waals surface area (Å²) < 4.78 is 1.68. The van der Waals surface area contributed by atoms with Gasteiger partial charge in [-0.15, -0.1) is 11.3 Å². The molecule has 3 rings (SSSR count). The lowest BCUT2D eigenvalue weighted by molar-refractivity contribution is -0.118. The summed E-state index contributed by atoms with van der Waals surface area (Å²) in [6, 6.07) is 9.32. The molecule has 0 saturated heterocycles. The van der Waals surface area contributed by atoms with Crippen LogP contribution >= 0.6 is 45.9 Å². The SMILES string of the molecule is CN(C)CCCN(C(=O)Cc1ccc(Cl)s1)c1nc2ccc(Cl)cc2s1. The van der Waals surface area contributed by atoms with E-state index in [9.17, 15) is 4.79 Å². The molecule has 0 aliphatic heterocycles. The number of rotatable bonds is 7. The Labute approximate surface area is 171 Å². The Kier molecular flexibility index (Phi) is 6.53. The van der Waals surface area contributed by atoms with E-state index >= 15 is 0 Å². The number of benzene rings is 1. The molecule has 1 amide bonds. The van der Waals surface area contributed by atoms with E-state index in [1.54, 1.807) is 4.90 Å². The van der Waals surface area contributed by atoms with Crippen molar-refractivity contribution in [3.63, 3.8) is 0 Å². The maximum atomic E-state index is 13.0. The zero-order chi connectivity index (χ0) is 18.7. The number of hydrogen-bond acceptors (Lipinski definition) is 5. The molecular formula is C18H19Cl2N3OS2. The van der Waals surface area contributed by atoms with Crippen LogP contribution in [0.3, 0.4) is 0 Å². The Bertz CT molecular complexity index is 907. The topological polar surface area (TPSA) is 36.4 Å². The van der Waals surface area contributed by atoms with Crippen molar-refractivity contribution in [2.24, 2.45) is 0 Å². The molecule has 0 unspecified atom stereocenters. The molecule has 2 aromatic heterocycles. The lowest BCUT2D eigenvalue weighted by Gasteiger charge is -2.20. The van der Waals surface area contributed by atoms with E-state index in [1.807, 2.05) is 44.4 Å². The summed E-state index contributed by atoms with van der Waals surface area (Å²) in [5, 5.41) is 1.39. The van der Waals surface area contributed by atoms with Crippen LogP contribution < -0.4 is 4.90 Å². The average molecular weight is 428 g/mol. The van der Waals surface area contributed by atoms with Crippen molar-refractivity contribution < 1.29 is 4.79 Å². The number of thiazole rings is 1. The van der Waals surface area contributed by atoms with Gasteiger partial charge in [0.2, 0.25) is 5.91 Å². The fourth-order valence-corrected chi connectivity index (χ4v) is 4.93. The Morgan fingerprint density at radius 1 is 1.12 bits per heavy atom. The highest BCUT2D eigenvalue weighted by Gasteiger charge is 2.20. The predicted octanol–water partition coefficient (Wildman–Crippen LogP) is 5.19. The van der Waals surface area contributed by atoms with Crippen LogP contribution in [-0.4, -0.2) is 43.0 Å². The number of thiophene rings is 1. The lowest BCUT2D eigenvalue weighted by Crippen LogP contribution is -2.34. The molecule has 26 heavy (non-hydrogen) atoms. The van der Waals surface area contributed by atoms with Crippen LogP contribution in [0.5, 0.6) is 0 Å². The molecule has 2 heterocycles. The Balaban J connectivity index is 1.84. The maximum absolute atomic E-state index is 13.0. The van der Waals surface area contributed by atoms with E-state index in [0.717, 1.165) is 28.1 Å². The van der Waals surface area contributed by atoms with Gasteiger partial charge in [0.15, 0.2) is 5.13 Å². The highest BCUT2D eigenvalue weighted by atomic mass is 35.5. The molecule has 1 aromatic carbocycles. The summed E-state index contributed by atoms with van der Waals surface area (Å²) in [4.78, 5) is 22.5. The lowest BCUT2D eigenvalue weighted by atomic mass is 10.3. The van der Waals surface area contributed by atoms with Crippen molar-refractivity contribution in [1.82, 2.24) is 9.88 Å². The second kappa shape index (κ2) is 8.67. The number of nitrogens with zero attached hydrogens (tertiary/aromatic N) is 3. The van der Waals surface area contributed by atoms with Crippen LogP contribution in [0.15, 0.2) is 30.3 Å². The summed E-state index contributed by atoms with van der Waals surface area (Å²) in [5.41, 5.74) is 0.860. The minimum Gasteiger partial charge on any atom is -0.309 e. The van der Waals surface area contributed by atoms with Crippen LogP contribution in [0.25, 0.3) is 10.2 Å². The van der Waals surface area contributed by atoms with E-state index in [2.05, 4.69) is 9.88 Å². The highest BCUT2D eigenvalue weighted by Crippen LogP contribution is 2.31. The largest absolute Gasteiger partial charge is 0.309 e. The first-order valence-corrected chi connectivity index (χ1v) is 10.6. The van der Waals surface area contributed by atoms with Gasteiger partial charge in [0, 0.05) is 16.4 Å². The van der Waals surface area contributed by atoms with Gasteiger partial charge in [0.25, 0.3) is 0 Å². The third kappa shape index (κ3) is 4.96. The second-order valence-corrected chi connectivity index (χ2v) is 9.44. The fraction of sp³-hybridized carbons (Fsp3) is 0.333. The van der Waals surface area contributed by atoms with Crippen LogP contribution in [0.2, 0.25) is 9.36 Å². The second-order valence-electron chi connectivity index (χ2n) is 6.19. The Morgan fingerprint density at radius 2 is 1.92 bits per heavy atom. The van der Waals surface area contributed by atoms with E-state index in [-0.39, 0.29) is 5.91 Å². The van der Waals surface area contributed by atoms with Crippen LogP contribution in [-0.2, 0) is 11.2 Å². The number of carbonyl (C=O) groups excluding carboxylic acids is 1. The predicted molar refractivity (Wildman–Crippen MR) is 113 cm³/mol. The number of amides is 1. The van der Waals surface area contributed by atoms with Crippen molar-refractivity contribution in [2.75, 3.05) is 32.1 Å². The first kappa shape index (κ1) is 19.6. The summed E-state index contributed by atoms with van der Waals surface area (Å²) in [7, 11) is 4.05. The summed E-state index contributed by atoms with van der Waals surface area (Å²) in [5.74, 6) is 0.0347. The molecule has 8 heteroatoms. The number of halogens is 2.